The van der Waals surface area contributed by atoms with Crippen molar-refractivity contribution in [3.05, 3.63) is 53.5 Å². The van der Waals surface area contributed by atoms with Gasteiger partial charge in [0.15, 0.2) is 0 Å². The highest BCUT2D eigenvalue weighted by Gasteiger charge is 2.34. The monoisotopic (exact) mass is 316 g/mol. The number of esters is 1. The van der Waals surface area contributed by atoms with E-state index in [-0.39, 0.29) is 23.8 Å². The van der Waals surface area contributed by atoms with Gasteiger partial charge in [0.05, 0.1) is 19.9 Å². The van der Waals surface area contributed by atoms with Crippen LogP contribution in [0.5, 0.6) is 0 Å². The molecule has 3 rings (SSSR count). The van der Waals surface area contributed by atoms with Gasteiger partial charge in [-0.05, 0) is 24.3 Å². The number of furan rings is 2. The Labute approximate surface area is 130 Å². The zero-order valence-electron chi connectivity index (χ0n) is 12.1. The summed E-state index contributed by atoms with van der Waals surface area (Å²) >= 11 is 0. The molecule has 23 heavy (non-hydrogen) atoms. The minimum absolute atomic E-state index is 0.000838. The van der Waals surface area contributed by atoms with E-state index < -0.39 is 17.9 Å². The van der Waals surface area contributed by atoms with Gasteiger partial charge in [0.1, 0.15) is 17.2 Å². The van der Waals surface area contributed by atoms with E-state index in [1.165, 1.54) is 31.6 Å². The van der Waals surface area contributed by atoms with Gasteiger partial charge in [0, 0.05) is 6.08 Å². The summed E-state index contributed by atoms with van der Waals surface area (Å²) in [6, 6.07) is 5.66. The summed E-state index contributed by atoms with van der Waals surface area (Å²) < 4.78 is 14.9. The zero-order valence-corrected chi connectivity index (χ0v) is 12.1. The summed E-state index contributed by atoms with van der Waals surface area (Å²) in [5.41, 5.74) is 0.102. The lowest BCUT2D eigenvalue weighted by Crippen LogP contribution is -2.30. The van der Waals surface area contributed by atoms with E-state index in [4.69, 9.17) is 8.83 Å². The number of amides is 3. The molecule has 1 saturated heterocycles. The molecule has 0 atom stereocenters. The van der Waals surface area contributed by atoms with Crippen molar-refractivity contribution in [3.63, 3.8) is 0 Å². The second kappa shape index (κ2) is 5.84. The summed E-state index contributed by atoms with van der Waals surface area (Å²) in [6.07, 6.45) is 2.89. The summed E-state index contributed by atoms with van der Waals surface area (Å²) in [6.45, 7) is -0.100. The first-order valence-electron chi connectivity index (χ1n) is 6.63. The Balaban J connectivity index is 1.76. The number of carbonyl (C=O) groups excluding carboxylic acids is 3. The molecule has 2 aromatic heterocycles. The smallest absolute Gasteiger partial charge is 0.373 e. The third-order valence-electron chi connectivity index (χ3n) is 3.15. The summed E-state index contributed by atoms with van der Waals surface area (Å²) in [5, 5.41) is 2.46. The molecule has 0 saturated carbocycles. The first-order chi connectivity index (χ1) is 11.1. The fraction of sp³-hybridized carbons (Fsp3) is 0.133. The van der Waals surface area contributed by atoms with E-state index in [0.717, 1.165) is 4.90 Å². The molecule has 1 aliphatic heterocycles. The van der Waals surface area contributed by atoms with Crippen molar-refractivity contribution >= 4 is 24.0 Å². The fourth-order valence-electron chi connectivity index (χ4n) is 2.06. The average molecular weight is 316 g/mol. The maximum absolute atomic E-state index is 12.2. The van der Waals surface area contributed by atoms with Crippen molar-refractivity contribution in [1.82, 2.24) is 10.2 Å². The standard InChI is InChI=1S/C15H12N2O6/c1-21-14(19)12-5-4-10(23-12)8-17-13(18)11(16-15(17)20)7-9-3-2-6-22-9/h2-7H,8H2,1H3,(H,16,20). The van der Waals surface area contributed by atoms with Crippen LogP contribution in [0.3, 0.4) is 0 Å². The van der Waals surface area contributed by atoms with Gasteiger partial charge in [-0.2, -0.15) is 0 Å². The predicted octanol–water partition coefficient (Wildman–Crippen LogP) is 1.75. The van der Waals surface area contributed by atoms with Gasteiger partial charge in [-0.25, -0.2) is 9.59 Å². The Bertz CT molecular complexity index is 787. The molecular weight excluding hydrogens is 304 g/mol. The van der Waals surface area contributed by atoms with Gasteiger partial charge in [-0.1, -0.05) is 0 Å². The third-order valence-corrected chi connectivity index (χ3v) is 3.15. The van der Waals surface area contributed by atoms with Gasteiger partial charge in [0.2, 0.25) is 5.76 Å². The number of ether oxygens (including phenoxy) is 1. The highest BCUT2D eigenvalue weighted by molar-refractivity contribution is 6.13. The number of nitrogens with zero attached hydrogens (tertiary/aromatic N) is 1. The molecule has 1 fully saturated rings. The molecular formula is C15H12N2O6. The Kier molecular flexibility index (Phi) is 3.71. The van der Waals surface area contributed by atoms with Crippen molar-refractivity contribution < 1.29 is 28.0 Å². The maximum Gasteiger partial charge on any atom is 0.373 e. The summed E-state index contributed by atoms with van der Waals surface area (Å²) in [4.78, 5) is 36.5. The van der Waals surface area contributed by atoms with Crippen molar-refractivity contribution in [1.29, 1.82) is 0 Å². The van der Waals surface area contributed by atoms with Crippen molar-refractivity contribution in [2.75, 3.05) is 7.11 Å². The largest absolute Gasteiger partial charge is 0.465 e. The molecule has 0 bridgehead atoms. The topological polar surface area (TPSA) is 102 Å². The van der Waals surface area contributed by atoms with Gasteiger partial charge >= 0.3 is 12.0 Å². The van der Waals surface area contributed by atoms with E-state index in [0.29, 0.717) is 5.76 Å². The lowest BCUT2D eigenvalue weighted by atomic mass is 10.3. The van der Waals surface area contributed by atoms with E-state index in [9.17, 15) is 14.4 Å². The van der Waals surface area contributed by atoms with Crippen LogP contribution in [0.1, 0.15) is 22.1 Å². The van der Waals surface area contributed by atoms with E-state index in [1.807, 2.05) is 0 Å². The number of hydrogen-bond acceptors (Lipinski definition) is 6. The highest BCUT2D eigenvalue weighted by atomic mass is 16.5. The molecule has 1 aliphatic rings. The second-order valence-corrected chi connectivity index (χ2v) is 4.65. The van der Waals surface area contributed by atoms with Crippen molar-refractivity contribution in [2.24, 2.45) is 0 Å². The predicted molar refractivity (Wildman–Crippen MR) is 75.8 cm³/mol. The maximum atomic E-state index is 12.2. The van der Waals surface area contributed by atoms with Crippen LogP contribution in [-0.4, -0.2) is 29.9 Å². The Morgan fingerprint density at radius 1 is 1.35 bits per heavy atom. The van der Waals surface area contributed by atoms with Gasteiger partial charge in [-0.3, -0.25) is 9.69 Å². The van der Waals surface area contributed by atoms with Crippen molar-refractivity contribution in [2.45, 2.75) is 6.54 Å². The number of carbonyl (C=O) groups is 3. The molecule has 0 aliphatic carbocycles. The molecule has 3 amide bonds. The minimum Gasteiger partial charge on any atom is -0.465 e. The third kappa shape index (κ3) is 2.86. The van der Waals surface area contributed by atoms with Crippen LogP contribution in [0.25, 0.3) is 6.08 Å². The molecule has 8 nitrogen and oxygen atoms in total. The lowest BCUT2D eigenvalue weighted by molar-refractivity contribution is -0.123. The van der Waals surface area contributed by atoms with Crippen LogP contribution in [0.4, 0.5) is 4.79 Å². The molecule has 118 valence electrons. The first kappa shape index (κ1) is 14.6. The van der Waals surface area contributed by atoms with Gasteiger partial charge < -0.3 is 18.9 Å². The molecule has 0 spiro atoms. The number of rotatable bonds is 4. The normalized spacial score (nSPS) is 16.0. The number of nitrogens with one attached hydrogen (secondary N) is 1. The summed E-state index contributed by atoms with van der Waals surface area (Å²) in [5.74, 6) is -0.412. The lowest BCUT2D eigenvalue weighted by Gasteiger charge is -2.09. The number of urea groups is 1. The molecule has 0 unspecified atom stereocenters. The molecule has 1 N–H and O–H groups in total. The zero-order chi connectivity index (χ0) is 16.4. The Hall–Kier alpha value is -3.29. The number of imide groups is 1. The van der Waals surface area contributed by atoms with E-state index in [1.54, 1.807) is 12.1 Å². The van der Waals surface area contributed by atoms with Gasteiger partial charge in [-0.15, -0.1) is 0 Å². The average Bonchev–Trinajstić information content (AvgIpc) is 3.26. The first-order valence-corrected chi connectivity index (χ1v) is 6.63. The van der Waals surface area contributed by atoms with Gasteiger partial charge in [0.25, 0.3) is 5.91 Å². The SMILES string of the molecule is COC(=O)c1ccc(CN2C(=O)NC(=Cc3ccco3)C2=O)o1. The molecule has 3 heterocycles. The fourth-order valence-corrected chi connectivity index (χ4v) is 2.06. The number of hydrogen-bond donors (Lipinski definition) is 1. The van der Waals surface area contributed by atoms with Crippen LogP contribution in [-0.2, 0) is 16.1 Å². The molecule has 0 radical (unpaired) electrons. The van der Waals surface area contributed by atoms with Crippen LogP contribution in [0, 0.1) is 0 Å². The minimum atomic E-state index is -0.633. The molecule has 0 aromatic carbocycles. The van der Waals surface area contributed by atoms with Crippen LogP contribution < -0.4 is 5.32 Å². The highest BCUT2D eigenvalue weighted by Crippen LogP contribution is 2.18. The molecule has 8 heteroatoms. The molecule has 2 aromatic rings. The van der Waals surface area contributed by atoms with E-state index >= 15 is 0 Å². The second-order valence-electron chi connectivity index (χ2n) is 4.65. The quantitative estimate of drug-likeness (QED) is 0.524. The Morgan fingerprint density at radius 2 is 2.17 bits per heavy atom. The van der Waals surface area contributed by atoms with Crippen LogP contribution >= 0.6 is 0 Å². The van der Waals surface area contributed by atoms with Crippen LogP contribution in [0.2, 0.25) is 0 Å². The van der Waals surface area contributed by atoms with Crippen LogP contribution in [0.15, 0.2) is 45.1 Å². The number of methoxy groups -OCH3 is 1. The van der Waals surface area contributed by atoms with Crippen molar-refractivity contribution in [3.8, 4) is 0 Å². The Morgan fingerprint density at radius 3 is 2.87 bits per heavy atom. The van der Waals surface area contributed by atoms with E-state index in [2.05, 4.69) is 10.1 Å². The summed E-state index contributed by atoms with van der Waals surface area (Å²) in [7, 11) is 1.23.